The number of alkyl halides is 3. The van der Waals surface area contributed by atoms with Gasteiger partial charge in [0.05, 0.1) is 6.54 Å². The van der Waals surface area contributed by atoms with Crippen LogP contribution in [0.1, 0.15) is 18.5 Å². The first kappa shape index (κ1) is 12.0. The van der Waals surface area contributed by atoms with Gasteiger partial charge < -0.3 is 5.32 Å². The molecular formula is C10H11F4N. The van der Waals surface area contributed by atoms with Crippen LogP contribution in [0.2, 0.25) is 0 Å². The fourth-order valence-corrected chi connectivity index (χ4v) is 1.21. The molecule has 84 valence electrons. The molecule has 1 aromatic carbocycles. The lowest BCUT2D eigenvalue weighted by Crippen LogP contribution is -2.31. The van der Waals surface area contributed by atoms with Crippen molar-refractivity contribution in [3.8, 4) is 0 Å². The van der Waals surface area contributed by atoms with Crippen LogP contribution in [-0.4, -0.2) is 12.7 Å². The van der Waals surface area contributed by atoms with E-state index in [0.717, 1.165) is 0 Å². The van der Waals surface area contributed by atoms with Crippen molar-refractivity contribution in [3.63, 3.8) is 0 Å². The third kappa shape index (κ3) is 3.87. The van der Waals surface area contributed by atoms with Crippen LogP contribution in [0.5, 0.6) is 0 Å². The van der Waals surface area contributed by atoms with Gasteiger partial charge in [0, 0.05) is 11.6 Å². The third-order valence-electron chi connectivity index (χ3n) is 1.98. The molecule has 0 spiro atoms. The first-order valence-corrected chi connectivity index (χ1v) is 4.45. The zero-order valence-corrected chi connectivity index (χ0v) is 8.11. The van der Waals surface area contributed by atoms with Crippen LogP contribution in [0.4, 0.5) is 17.6 Å². The molecule has 0 aliphatic rings. The first-order chi connectivity index (χ1) is 6.90. The minimum absolute atomic E-state index is 0.238. The Kier molecular flexibility index (Phi) is 3.68. The van der Waals surface area contributed by atoms with E-state index in [1.807, 2.05) is 0 Å². The van der Waals surface area contributed by atoms with E-state index in [1.54, 1.807) is 6.07 Å². The molecule has 1 rings (SSSR count). The lowest BCUT2D eigenvalue weighted by molar-refractivity contribution is -0.126. The van der Waals surface area contributed by atoms with Crippen molar-refractivity contribution in [2.24, 2.45) is 0 Å². The lowest BCUT2D eigenvalue weighted by atomic mass is 10.1. The molecule has 1 N–H and O–H groups in total. The summed E-state index contributed by atoms with van der Waals surface area (Å²) >= 11 is 0. The Bertz CT molecular complexity index is 321. The summed E-state index contributed by atoms with van der Waals surface area (Å²) < 4.78 is 48.8. The molecule has 0 saturated heterocycles. The number of nitrogens with one attached hydrogen (secondary N) is 1. The van der Waals surface area contributed by atoms with Crippen LogP contribution in [0.25, 0.3) is 0 Å². The molecule has 5 heteroatoms. The van der Waals surface area contributed by atoms with Gasteiger partial charge >= 0.3 is 6.18 Å². The van der Waals surface area contributed by atoms with Gasteiger partial charge in [0.15, 0.2) is 0 Å². The maximum atomic E-state index is 13.1. The fourth-order valence-electron chi connectivity index (χ4n) is 1.21. The SMILES string of the molecule is C[C@@H](NCC(F)(F)F)c1ccccc1F. The molecular weight excluding hydrogens is 210 g/mol. The molecule has 0 heterocycles. The van der Waals surface area contributed by atoms with Gasteiger partial charge in [-0.25, -0.2) is 4.39 Å². The van der Waals surface area contributed by atoms with Crippen molar-refractivity contribution in [1.29, 1.82) is 0 Å². The third-order valence-corrected chi connectivity index (χ3v) is 1.98. The summed E-state index contributed by atoms with van der Waals surface area (Å²) in [5.74, 6) is -0.500. The topological polar surface area (TPSA) is 12.0 Å². The van der Waals surface area contributed by atoms with Gasteiger partial charge in [-0.1, -0.05) is 18.2 Å². The zero-order valence-electron chi connectivity index (χ0n) is 8.11. The molecule has 0 radical (unpaired) electrons. The molecule has 0 aromatic heterocycles. The Labute approximate surface area is 85.1 Å². The van der Waals surface area contributed by atoms with Crippen molar-refractivity contribution >= 4 is 0 Å². The molecule has 0 saturated carbocycles. The summed E-state index contributed by atoms with van der Waals surface area (Å²) in [7, 11) is 0. The van der Waals surface area contributed by atoms with E-state index < -0.39 is 24.6 Å². The van der Waals surface area contributed by atoms with Crippen LogP contribution >= 0.6 is 0 Å². The highest BCUT2D eigenvalue weighted by Crippen LogP contribution is 2.19. The fraction of sp³-hybridized carbons (Fsp3) is 0.400. The van der Waals surface area contributed by atoms with E-state index in [9.17, 15) is 17.6 Å². The van der Waals surface area contributed by atoms with Gasteiger partial charge in [0.2, 0.25) is 0 Å². The van der Waals surface area contributed by atoms with E-state index in [-0.39, 0.29) is 5.56 Å². The molecule has 0 aliphatic carbocycles. The second-order valence-corrected chi connectivity index (χ2v) is 3.24. The molecule has 0 amide bonds. The smallest absolute Gasteiger partial charge is 0.302 e. The van der Waals surface area contributed by atoms with E-state index in [1.165, 1.54) is 25.1 Å². The molecule has 1 atom stereocenters. The average Bonchev–Trinajstić information content (AvgIpc) is 2.14. The van der Waals surface area contributed by atoms with Crippen molar-refractivity contribution in [1.82, 2.24) is 5.32 Å². The molecule has 15 heavy (non-hydrogen) atoms. The van der Waals surface area contributed by atoms with Gasteiger partial charge in [0.25, 0.3) is 0 Å². The normalized spacial score (nSPS) is 13.9. The molecule has 1 aromatic rings. The summed E-state index contributed by atoms with van der Waals surface area (Å²) in [6.45, 7) is 0.368. The van der Waals surface area contributed by atoms with Gasteiger partial charge in [-0.15, -0.1) is 0 Å². The molecule has 1 nitrogen and oxygen atoms in total. The number of halogens is 4. The molecule has 0 aliphatic heterocycles. The van der Waals surface area contributed by atoms with Crippen molar-refractivity contribution < 1.29 is 17.6 Å². The lowest BCUT2D eigenvalue weighted by Gasteiger charge is -2.16. The second kappa shape index (κ2) is 4.61. The molecule has 0 bridgehead atoms. The van der Waals surface area contributed by atoms with E-state index >= 15 is 0 Å². The second-order valence-electron chi connectivity index (χ2n) is 3.24. The molecule has 0 fully saturated rings. The largest absolute Gasteiger partial charge is 0.401 e. The van der Waals surface area contributed by atoms with E-state index in [2.05, 4.69) is 5.32 Å². The van der Waals surface area contributed by atoms with Crippen LogP contribution in [0.3, 0.4) is 0 Å². The van der Waals surface area contributed by atoms with Crippen molar-refractivity contribution in [2.45, 2.75) is 19.1 Å². The van der Waals surface area contributed by atoms with E-state index in [0.29, 0.717) is 0 Å². The van der Waals surface area contributed by atoms with Crippen LogP contribution in [0.15, 0.2) is 24.3 Å². The highest BCUT2D eigenvalue weighted by atomic mass is 19.4. The Morgan fingerprint density at radius 2 is 1.87 bits per heavy atom. The Morgan fingerprint density at radius 1 is 1.27 bits per heavy atom. The maximum absolute atomic E-state index is 13.1. The predicted octanol–water partition coefficient (Wildman–Crippen LogP) is 3.04. The van der Waals surface area contributed by atoms with Crippen LogP contribution in [0, 0.1) is 5.82 Å². The monoisotopic (exact) mass is 221 g/mol. The van der Waals surface area contributed by atoms with Crippen molar-refractivity contribution in [2.75, 3.05) is 6.54 Å². The van der Waals surface area contributed by atoms with Crippen molar-refractivity contribution in [3.05, 3.63) is 35.6 Å². The van der Waals surface area contributed by atoms with Gasteiger partial charge in [-0.2, -0.15) is 13.2 Å². The predicted molar refractivity (Wildman–Crippen MR) is 48.9 cm³/mol. The van der Waals surface area contributed by atoms with E-state index in [4.69, 9.17) is 0 Å². The standard InChI is InChI=1S/C10H11F4N/c1-7(15-6-10(12,13)14)8-4-2-3-5-9(8)11/h2-5,7,15H,6H2,1H3/t7-/m1/s1. The summed E-state index contributed by atoms with van der Waals surface area (Å²) in [5, 5.41) is 2.21. The molecule has 0 unspecified atom stereocenters. The average molecular weight is 221 g/mol. The minimum atomic E-state index is -4.28. The Morgan fingerprint density at radius 3 is 2.40 bits per heavy atom. The number of rotatable bonds is 3. The first-order valence-electron chi connectivity index (χ1n) is 4.45. The summed E-state index contributed by atoms with van der Waals surface area (Å²) in [6.07, 6.45) is -4.28. The number of hydrogen-bond acceptors (Lipinski definition) is 1. The van der Waals surface area contributed by atoms with Crippen LogP contribution < -0.4 is 5.32 Å². The highest BCUT2D eigenvalue weighted by molar-refractivity contribution is 5.20. The minimum Gasteiger partial charge on any atom is -0.302 e. The number of benzene rings is 1. The summed E-state index contributed by atoms with van der Waals surface area (Å²) in [6, 6.07) is 5.11. The highest BCUT2D eigenvalue weighted by Gasteiger charge is 2.27. The van der Waals surface area contributed by atoms with Crippen LogP contribution in [-0.2, 0) is 0 Å². The summed E-state index contributed by atoms with van der Waals surface area (Å²) in [5.41, 5.74) is 0.238. The van der Waals surface area contributed by atoms with Gasteiger partial charge in [-0.05, 0) is 13.0 Å². The van der Waals surface area contributed by atoms with Gasteiger partial charge in [-0.3, -0.25) is 0 Å². The van der Waals surface area contributed by atoms with Gasteiger partial charge in [0.1, 0.15) is 5.82 Å². The summed E-state index contributed by atoms with van der Waals surface area (Å²) in [4.78, 5) is 0. The maximum Gasteiger partial charge on any atom is 0.401 e. The Hall–Kier alpha value is -1.10. The quantitative estimate of drug-likeness (QED) is 0.773. The zero-order chi connectivity index (χ0) is 11.5. The number of hydrogen-bond donors (Lipinski definition) is 1. The Balaban J connectivity index is 2.62.